The van der Waals surface area contributed by atoms with E-state index in [1.165, 1.54) is 76.8 Å². The first-order chi connectivity index (χ1) is 28.3. The molecule has 0 saturated heterocycles. The van der Waals surface area contributed by atoms with Gasteiger partial charge in [0.05, 0.1) is 11.0 Å². The second-order valence-electron chi connectivity index (χ2n) is 14.7. The average Bonchev–Trinajstić information content (AvgIpc) is 3.67. The van der Waals surface area contributed by atoms with Crippen LogP contribution in [0.5, 0.6) is 0 Å². The van der Waals surface area contributed by atoms with Crippen molar-refractivity contribution in [2.75, 3.05) is 0 Å². The summed E-state index contributed by atoms with van der Waals surface area (Å²) in [6, 6.07) is 78.8. The zero-order valence-corrected chi connectivity index (χ0v) is 31.2. The fourth-order valence-corrected chi connectivity index (χ4v) is 8.75. The maximum Gasteiger partial charge on any atom is 0.145 e. The summed E-state index contributed by atoms with van der Waals surface area (Å²) in [4.78, 5) is 5.41. The van der Waals surface area contributed by atoms with Crippen LogP contribution < -0.4 is 0 Å². The normalized spacial score (nSPS) is 11.5. The van der Waals surface area contributed by atoms with Gasteiger partial charge in [0, 0.05) is 11.3 Å². The van der Waals surface area contributed by atoms with E-state index in [1.54, 1.807) is 0 Å². The van der Waals surface area contributed by atoms with Crippen LogP contribution in [0.15, 0.2) is 218 Å². The predicted octanol–water partition coefficient (Wildman–Crippen LogP) is 14.8. The first-order valence-corrected chi connectivity index (χ1v) is 19.5. The van der Waals surface area contributed by atoms with Gasteiger partial charge in [-0.05, 0) is 107 Å². The van der Waals surface area contributed by atoms with Crippen LogP contribution in [0.3, 0.4) is 0 Å². The van der Waals surface area contributed by atoms with E-state index in [-0.39, 0.29) is 0 Å². The molecular formula is C55H36N2. The SMILES string of the molecule is c1ccc(-c2cc3nc(-c4ccc(-c5c6ccccc6c(-c6ccc7ccccc7c6)c6ccccc56)cc4)n(-c4ccccc4)c3cc2-c2ccccc2)cc1. The lowest BCUT2D eigenvalue weighted by Crippen LogP contribution is -1.98. The number of benzene rings is 10. The molecule has 10 aromatic carbocycles. The molecule has 0 aliphatic rings. The van der Waals surface area contributed by atoms with Crippen LogP contribution in [0.1, 0.15) is 0 Å². The van der Waals surface area contributed by atoms with E-state index in [1.807, 2.05) is 0 Å². The van der Waals surface area contributed by atoms with Crippen LogP contribution in [-0.4, -0.2) is 9.55 Å². The van der Waals surface area contributed by atoms with Crippen molar-refractivity contribution in [3.05, 3.63) is 218 Å². The maximum absolute atomic E-state index is 5.41. The molecule has 11 rings (SSSR count). The van der Waals surface area contributed by atoms with Gasteiger partial charge in [0.25, 0.3) is 0 Å². The summed E-state index contributed by atoms with van der Waals surface area (Å²) >= 11 is 0. The van der Waals surface area contributed by atoms with Crippen LogP contribution in [0.4, 0.5) is 0 Å². The molecule has 0 aliphatic carbocycles. The van der Waals surface area contributed by atoms with Crippen LogP contribution in [0.25, 0.3) is 105 Å². The first kappa shape index (κ1) is 32.8. The van der Waals surface area contributed by atoms with Crippen molar-refractivity contribution >= 4 is 43.4 Å². The molecule has 0 fully saturated rings. The van der Waals surface area contributed by atoms with Crippen LogP contribution in [-0.2, 0) is 0 Å². The zero-order valence-electron chi connectivity index (χ0n) is 31.2. The first-order valence-electron chi connectivity index (χ1n) is 19.5. The minimum Gasteiger partial charge on any atom is -0.292 e. The van der Waals surface area contributed by atoms with Gasteiger partial charge in [0.1, 0.15) is 5.82 Å². The second-order valence-corrected chi connectivity index (χ2v) is 14.7. The Morgan fingerprint density at radius 2 is 0.772 bits per heavy atom. The molecule has 11 aromatic rings. The average molecular weight is 725 g/mol. The molecule has 2 nitrogen and oxygen atoms in total. The number of fused-ring (bicyclic) bond motifs is 4. The number of nitrogens with zero attached hydrogens (tertiary/aromatic N) is 2. The third-order valence-electron chi connectivity index (χ3n) is 11.4. The second kappa shape index (κ2) is 13.6. The molecule has 0 amide bonds. The van der Waals surface area contributed by atoms with E-state index < -0.39 is 0 Å². The molecule has 1 aromatic heterocycles. The Bertz CT molecular complexity index is 3200. The van der Waals surface area contributed by atoms with Gasteiger partial charge in [-0.25, -0.2) is 4.98 Å². The summed E-state index contributed by atoms with van der Waals surface area (Å²) in [5.41, 5.74) is 13.8. The third kappa shape index (κ3) is 5.61. The highest BCUT2D eigenvalue weighted by Gasteiger charge is 2.20. The largest absolute Gasteiger partial charge is 0.292 e. The van der Waals surface area contributed by atoms with Gasteiger partial charge in [-0.15, -0.1) is 0 Å². The molecule has 266 valence electrons. The van der Waals surface area contributed by atoms with E-state index >= 15 is 0 Å². The Morgan fingerprint density at radius 1 is 0.316 bits per heavy atom. The fourth-order valence-electron chi connectivity index (χ4n) is 8.75. The summed E-state index contributed by atoms with van der Waals surface area (Å²) in [5.74, 6) is 0.911. The summed E-state index contributed by atoms with van der Waals surface area (Å²) in [6.45, 7) is 0. The molecule has 0 unspecified atom stereocenters. The molecule has 0 atom stereocenters. The highest BCUT2D eigenvalue weighted by molar-refractivity contribution is 6.21. The number of para-hydroxylation sites is 1. The molecule has 0 N–H and O–H groups in total. The van der Waals surface area contributed by atoms with Crippen molar-refractivity contribution in [1.82, 2.24) is 9.55 Å². The lowest BCUT2D eigenvalue weighted by Gasteiger charge is -2.18. The smallest absolute Gasteiger partial charge is 0.145 e. The Kier molecular flexibility index (Phi) is 7.86. The van der Waals surface area contributed by atoms with Crippen molar-refractivity contribution in [1.29, 1.82) is 0 Å². The lowest BCUT2D eigenvalue weighted by molar-refractivity contribution is 1.10. The molecule has 0 spiro atoms. The maximum atomic E-state index is 5.41. The molecule has 2 heteroatoms. The van der Waals surface area contributed by atoms with Gasteiger partial charge < -0.3 is 0 Å². The minimum absolute atomic E-state index is 0.911. The van der Waals surface area contributed by atoms with Crippen molar-refractivity contribution < 1.29 is 0 Å². The summed E-state index contributed by atoms with van der Waals surface area (Å²) in [7, 11) is 0. The third-order valence-corrected chi connectivity index (χ3v) is 11.4. The topological polar surface area (TPSA) is 17.8 Å². The predicted molar refractivity (Wildman–Crippen MR) is 241 cm³/mol. The van der Waals surface area contributed by atoms with E-state index in [9.17, 15) is 0 Å². The van der Waals surface area contributed by atoms with Crippen molar-refractivity contribution in [2.45, 2.75) is 0 Å². The standard InChI is InChI=1S/C55H36N2/c1-4-17-38(18-5-1)49-35-51-52(36-50(49)39-19-6-2-7-20-39)57(44-22-8-3-9-23-44)55(56-51)41-31-29-40(30-32-41)53-45-24-12-14-26-47(45)54(48-27-15-13-25-46(48)53)43-33-28-37-16-10-11-21-42(37)34-43/h1-36H. The Hall–Kier alpha value is -7.55. The monoisotopic (exact) mass is 724 g/mol. The number of imidazole rings is 1. The number of hydrogen-bond acceptors (Lipinski definition) is 1. The van der Waals surface area contributed by atoms with Gasteiger partial charge in [0.15, 0.2) is 0 Å². The Labute approximate surface area is 331 Å². The molecule has 0 bridgehead atoms. The molecule has 0 saturated carbocycles. The zero-order chi connectivity index (χ0) is 37.7. The summed E-state index contributed by atoms with van der Waals surface area (Å²) < 4.78 is 2.31. The van der Waals surface area contributed by atoms with Gasteiger partial charge in [-0.1, -0.05) is 188 Å². The quantitative estimate of drug-likeness (QED) is 0.156. The van der Waals surface area contributed by atoms with E-state index in [4.69, 9.17) is 4.98 Å². The minimum atomic E-state index is 0.911. The van der Waals surface area contributed by atoms with Crippen molar-refractivity contribution in [3.8, 4) is 61.6 Å². The number of aromatic nitrogens is 2. The highest BCUT2D eigenvalue weighted by atomic mass is 15.1. The van der Waals surface area contributed by atoms with E-state index in [2.05, 4.69) is 223 Å². The summed E-state index contributed by atoms with van der Waals surface area (Å²) in [5, 5.41) is 7.48. The van der Waals surface area contributed by atoms with Gasteiger partial charge >= 0.3 is 0 Å². The summed E-state index contributed by atoms with van der Waals surface area (Å²) in [6.07, 6.45) is 0. The Balaban J connectivity index is 1.10. The van der Waals surface area contributed by atoms with Crippen molar-refractivity contribution in [3.63, 3.8) is 0 Å². The van der Waals surface area contributed by atoms with Crippen LogP contribution >= 0.6 is 0 Å². The van der Waals surface area contributed by atoms with Gasteiger partial charge in [-0.3, -0.25) is 4.57 Å². The molecule has 0 radical (unpaired) electrons. The van der Waals surface area contributed by atoms with Crippen molar-refractivity contribution in [2.24, 2.45) is 0 Å². The highest BCUT2D eigenvalue weighted by Crippen LogP contribution is 2.45. The Morgan fingerprint density at radius 3 is 1.37 bits per heavy atom. The lowest BCUT2D eigenvalue weighted by atomic mass is 9.85. The molecule has 1 heterocycles. The molecule has 57 heavy (non-hydrogen) atoms. The van der Waals surface area contributed by atoms with Gasteiger partial charge in [0.2, 0.25) is 0 Å². The number of hydrogen-bond donors (Lipinski definition) is 0. The number of rotatable bonds is 6. The van der Waals surface area contributed by atoms with Crippen LogP contribution in [0, 0.1) is 0 Å². The van der Waals surface area contributed by atoms with Gasteiger partial charge in [-0.2, -0.15) is 0 Å². The fraction of sp³-hybridized carbons (Fsp3) is 0. The van der Waals surface area contributed by atoms with E-state index in [0.29, 0.717) is 0 Å². The molecular weight excluding hydrogens is 689 g/mol. The van der Waals surface area contributed by atoms with E-state index in [0.717, 1.165) is 28.1 Å². The van der Waals surface area contributed by atoms with Crippen LogP contribution in [0.2, 0.25) is 0 Å². The molecule has 0 aliphatic heterocycles.